The molecule has 1 aliphatic heterocycles. The van der Waals surface area contributed by atoms with Crippen molar-refractivity contribution in [3.8, 4) is 11.5 Å². The summed E-state index contributed by atoms with van der Waals surface area (Å²) in [5.74, 6) is 0.261. The predicted octanol–water partition coefficient (Wildman–Crippen LogP) is 8.26. The van der Waals surface area contributed by atoms with E-state index in [0.29, 0.717) is 30.9 Å². The van der Waals surface area contributed by atoms with Crippen LogP contribution in [0.5, 0.6) is 11.5 Å². The molecule has 0 atom stereocenters. The molecular formula is C42H48N2O5. The predicted molar refractivity (Wildman–Crippen MR) is 193 cm³/mol. The molecule has 0 saturated carbocycles. The van der Waals surface area contributed by atoms with Gasteiger partial charge < -0.3 is 19.7 Å². The van der Waals surface area contributed by atoms with Crippen LogP contribution in [0.1, 0.15) is 81.5 Å². The fraction of sp³-hybridized carbons (Fsp3) is 0.405. The molecule has 0 bridgehead atoms. The summed E-state index contributed by atoms with van der Waals surface area (Å²) in [6, 6.07) is 21.9. The molecule has 0 radical (unpaired) electrons. The van der Waals surface area contributed by atoms with Gasteiger partial charge in [0.1, 0.15) is 0 Å². The molecule has 0 spiro atoms. The quantitative estimate of drug-likeness (QED) is 0.249. The molecule has 7 nitrogen and oxygen atoms in total. The minimum Gasteiger partial charge on any atom is -0.493 e. The Balaban J connectivity index is 1.37. The molecule has 0 aromatic heterocycles. The summed E-state index contributed by atoms with van der Waals surface area (Å²) in [4.78, 5) is 43.7. The standard InChI is InChI=1S/C42H48N2O5/c1-26-13-14-27(2)30(19-26)43-37(47)25-49-35-16-15-29(20-36(35)48-7)38-39-31(21-41(3,4)23-33(39)45)44(18-17-28-11-9-8-10-12-28)32-22-42(5,6)24-34(46)40(32)38/h8-16,19-20,38H,17-18,21-25H2,1-7H3,(H,43,47). The lowest BCUT2D eigenvalue weighted by Crippen LogP contribution is -2.45. The minimum atomic E-state index is -0.499. The van der Waals surface area contributed by atoms with Crippen molar-refractivity contribution in [2.45, 2.75) is 79.6 Å². The van der Waals surface area contributed by atoms with Gasteiger partial charge in [-0.05, 0) is 84.4 Å². The summed E-state index contributed by atoms with van der Waals surface area (Å²) in [7, 11) is 1.56. The number of hydrogen-bond donors (Lipinski definition) is 1. The van der Waals surface area contributed by atoms with Gasteiger partial charge in [0.15, 0.2) is 29.7 Å². The molecule has 3 aromatic carbocycles. The van der Waals surface area contributed by atoms with Crippen molar-refractivity contribution in [3.63, 3.8) is 0 Å². The number of aryl methyl sites for hydroxylation is 2. The Morgan fingerprint density at radius 1 is 0.816 bits per heavy atom. The van der Waals surface area contributed by atoms with E-state index in [9.17, 15) is 14.4 Å². The van der Waals surface area contributed by atoms with Gasteiger partial charge in [-0.25, -0.2) is 0 Å². The molecule has 2 aliphatic carbocycles. The molecule has 256 valence electrons. The third kappa shape index (κ3) is 7.22. The van der Waals surface area contributed by atoms with E-state index < -0.39 is 5.92 Å². The first-order valence-electron chi connectivity index (χ1n) is 17.3. The number of carbonyl (C=O) groups is 3. The van der Waals surface area contributed by atoms with Crippen molar-refractivity contribution < 1.29 is 23.9 Å². The van der Waals surface area contributed by atoms with E-state index in [1.807, 2.05) is 50.2 Å². The van der Waals surface area contributed by atoms with Gasteiger partial charge >= 0.3 is 0 Å². The molecule has 0 fully saturated rings. The van der Waals surface area contributed by atoms with Crippen LogP contribution in [0, 0.1) is 24.7 Å². The Kier molecular flexibility index (Phi) is 9.31. The number of amides is 1. The third-order valence-corrected chi connectivity index (χ3v) is 10.0. The highest BCUT2D eigenvalue weighted by molar-refractivity contribution is 6.07. The summed E-state index contributed by atoms with van der Waals surface area (Å²) in [6.45, 7) is 13.1. The zero-order chi connectivity index (χ0) is 35.1. The van der Waals surface area contributed by atoms with Crippen LogP contribution in [0.25, 0.3) is 0 Å². The summed E-state index contributed by atoms with van der Waals surface area (Å²) in [5.41, 5.74) is 7.92. The second-order valence-electron chi connectivity index (χ2n) is 15.5. The van der Waals surface area contributed by atoms with Crippen LogP contribution in [0.2, 0.25) is 0 Å². The second-order valence-corrected chi connectivity index (χ2v) is 15.5. The van der Waals surface area contributed by atoms with Crippen molar-refractivity contribution in [1.29, 1.82) is 0 Å². The first-order valence-corrected chi connectivity index (χ1v) is 17.3. The zero-order valence-electron chi connectivity index (χ0n) is 29.9. The molecule has 6 rings (SSSR count). The van der Waals surface area contributed by atoms with Gasteiger partial charge in [0.05, 0.1) is 7.11 Å². The second kappa shape index (κ2) is 13.3. The minimum absolute atomic E-state index is 0.0903. The number of Topliss-reactive ketones (excluding diaryl/α,β-unsaturated/α-hetero) is 2. The number of ketones is 2. The van der Waals surface area contributed by atoms with Crippen LogP contribution >= 0.6 is 0 Å². The van der Waals surface area contributed by atoms with Gasteiger partial charge in [0.2, 0.25) is 0 Å². The van der Waals surface area contributed by atoms with E-state index in [4.69, 9.17) is 9.47 Å². The molecule has 3 aromatic rings. The number of nitrogens with one attached hydrogen (secondary N) is 1. The van der Waals surface area contributed by atoms with Gasteiger partial charge in [-0.3, -0.25) is 14.4 Å². The molecule has 49 heavy (non-hydrogen) atoms. The molecule has 7 heteroatoms. The number of benzene rings is 3. The topological polar surface area (TPSA) is 84.9 Å². The maximum atomic E-state index is 14.2. The van der Waals surface area contributed by atoms with Crippen LogP contribution in [0.3, 0.4) is 0 Å². The molecule has 1 N–H and O–H groups in total. The maximum Gasteiger partial charge on any atom is 0.262 e. The van der Waals surface area contributed by atoms with Gasteiger partial charge in [0, 0.05) is 53.5 Å². The van der Waals surface area contributed by atoms with Crippen LogP contribution in [0.15, 0.2) is 89.3 Å². The lowest BCUT2D eigenvalue weighted by atomic mass is 9.63. The average Bonchev–Trinajstić information content (AvgIpc) is 3.03. The van der Waals surface area contributed by atoms with Crippen molar-refractivity contribution in [2.24, 2.45) is 10.8 Å². The number of hydrogen-bond acceptors (Lipinski definition) is 6. The van der Waals surface area contributed by atoms with E-state index in [0.717, 1.165) is 64.2 Å². The molecular weight excluding hydrogens is 612 g/mol. The van der Waals surface area contributed by atoms with E-state index >= 15 is 0 Å². The lowest BCUT2D eigenvalue weighted by Gasteiger charge is -2.49. The third-order valence-electron chi connectivity index (χ3n) is 10.0. The Bertz CT molecular complexity index is 1810. The Morgan fingerprint density at radius 2 is 1.45 bits per heavy atom. The summed E-state index contributed by atoms with van der Waals surface area (Å²) >= 11 is 0. The molecule has 1 amide bonds. The van der Waals surface area contributed by atoms with Crippen molar-refractivity contribution in [1.82, 2.24) is 4.90 Å². The Morgan fingerprint density at radius 3 is 2.06 bits per heavy atom. The highest BCUT2D eigenvalue weighted by Gasteiger charge is 2.49. The van der Waals surface area contributed by atoms with Gasteiger partial charge in [-0.1, -0.05) is 76.2 Å². The van der Waals surface area contributed by atoms with E-state index in [2.05, 4.69) is 62.2 Å². The van der Waals surface area contributed by atoms with Crippen molar-refractivity contribution in [2.75, 3.05) is 25.6 Å². The largest absolute Gasteiger partial charge is 0.493 e. The fourth-order valence-electron chi connectivity index (χ4n) is 7.72. The van der Waals surface area contributed by atoms with E-state index in [-0.39, 0.29) is 34.9 Å². The number of anilines is 1. The molecule has 1 heterocycles. The number of ether oxygens (including phenoxy) is 2. The smallest absolute Gasteiger partial charge is 0.262 e. The molecule has 0 unspecified atom stereocenters. The number of rotatable bonds is 9. The zero-order valence-corrected chi connectivity index (χ0v) is 29.9. The van der Waals surface area contributed by atoms with Gasteiger partial charge in [-0.2, -0.15) is 0 Å². The van der Waals surface area contributed by atoms with Crippen LogP contribution in [0.4, 0.5) is 5.69 Å². The van der Waals surface area contributed by atoms with Gasteiger partial charge in [-0.15, -0.1) is 0 Å². The van der Waals surface area contributed by atoms with Crippen molar-refractivity contribution in [3.05, 3.63) is 112 Å². The van der Waals surface area contributed by atoms with Gasteiger partial charge in [0.25, 0.3) is 5.91 Å². The molecule has 0 saturated heterocycles. The monoisotopic (exact) mass is 660 g/mol. The lowest BCUT2D eigenvalue weighted by molar-refractivity contribution is -0.120. The number of nitrogens with zero attached hydrogens (tertiary/aromatic N) is 1. The van der Waals surface area contributed by atoms with E-state index in [1.54, 1.807) is 13.2 Å². The van der Waals surface area contributed by atoms with Crippen molar-refractivity contribution >= 4 is 23.2 Å². The Hall–Kier alpha value is -4.65. The number of methoxy groups -OCH3 is 1. The first kappa shape index (κ1) is 34.2. The van der Waals surface area contributed by atoms with E-state index in [1.165, 1.54) is 5.56 Å². The normalized spacial score (nSPS) is 18.6. The first-order chi connectivity index (χ1) is 23.2. The number of allylic oxidation sites excluding steroid dienone is 4. The highest BCUT2D eigenvalue weighted by Crippen LogP contribution is 2.55. The Labute approximate surface area is 290 Å². The van der Waals surface area contributed by atoms with Crippen LogP contribution in [-0.2, 0) is 20.8 Å². The number of carbonyl (C=O) groups excluding carboxylic acids is 3. The highest BCUT2D eigenvalue weighted by atomic mass is 16.5. The SMILES string of the molecule is COc1cc(C2C3=C(CC(C)(C)CC3=O)N(CCc3ccccc3)C3=C2C(=O)CC(C)(C)C3)ccc1OCC(=O)Nc1cc(C)ccc1C. The summed E-state index contributed by atoms with van der Waals surface area (Å²) in [6.07, 6.45) is 3.15. The maximum absolute atomic E-state index is 14.2. The van der Waals surface area contributed by atoms with Crippen LogP contribution in [-0.4, -0.2) is 42.6 Å². The summed E-state index contributed by atoms with van der Waals surface area (Å²) < 4.78 is 11.8. The average molecular weight is 661 g/mol. The van der Waals surface area contributed by atoms with Crippen LogP contribution < -0.4 is 14.8 Å². The molecule has 3 aliphatic rings. The fourth-order valence-corrected chi connectivity index (χ4v) is 7.72. The summed E-state index contributed by atoms with van der Waals surface area (Å²) in [5, 5.41) is 2.94.